The molecule has 114 valence electrons. The number of rotatable bonds is 5. The number of hydrogen-bond donors (Lipinski definition) is 1. The van der Waals surface area contributed by atoms with Crippen molar-refractivity contribution in [1.29, 1.82) is 0 Å². The number of nitrogens with one attached hydrogen (secondary N) is 1. The van der Waals surface area contributed by atoms with Crippen molar-refractivity contribution in [3.05, 3.63) is 18.2 Å². The van der Waals surface area contributed by atoms with Crippen LogP contribution < -0.4 is 15.0 Å². The van der Waals surface area contributed by atoms with Crippen LogP contribution >= 0.6 is 0 Å². The molecule has 0 saturated carbocycles. The Bertz CT molecular complexity index is 530. The highest BCUT2D eigenvalue weighted by Gasteiger charge is 2.22. The van der Waals surface area contributed by atoms with Gasteiger partial charge in [-0.1, -0.05) is 0 Å². The number of benzene rings is 1. The van der Waals surface area contributed by atoms with E-state index in [-0.39, 0.29) is 18.4 Å². The van der Waals surface area contributed by atoms with Crippen LogP contribution in [-0.2, 0) is 14.3 Å². The maximum absolute atomic E-state index is 12.0. The maximum Gasteiger partial charge on any atom is 0.250 e. The van der Waals surface area contributed by atoms with Gasteiger partial charge in [0, 0.05) is 31.8 Å². The lowest BCUT2D eigenvalue weighted by atomic mass is 10.1. The topological polar surface area (TPSA) is 67.9 Å². The van der Waals surface area contributed by atoms with Crippen LogP contribution in [0.5, 0.6) is 5.75 Å². The molecule has 2 rings (SSSR count). The summed E-state index contributed by atoms with van der Waals surface area (Å²) >= 11 is 0. The van der Waals surface area contributed by atoms with Crippen LogP contribution in [0, 0.1) is 0 Å². The molecule has 1 saturated heterocycles. The van der Waals surface area contributed by atoms with E-state index in [0.29, 0.717) is 24.4 Å². The molecule has 2 amide bonds. The molecule has 1 aromatic carbocycles. The predicted octanol–water partition coefficient (Wildman–Crippen LogP) is 1.80. The van der Waals surface area contributed by atoms with Crippen LogP contribution in [0.1, 0.15) is 19.3 Å². The fourth-order valence-corrected chi connectivity index (χ4v) is 2.37. The molecular formula is C15H20N2O4. The highest BCUT2D eigenvalue weighted by molar-refractivity contribution is 5.97. The SMILES string of the molecule is COCC(=O)Nc1ccc(N2CCCCC2=O)c(OC)c1. The second-order valence-corrected chi connectivity index (χ2v) is 4.87. The summed E-state index contributed by atoms with van der Waals surface area (Å²) < 4.78 is 10.1. The van der Waals surface area contributed by atoms with Crippen molar-refractivity contribution < 1.29 is 19.1 Å². The van der Waals surface area contributed by atoms with E-state index in [1.54, 1.807) is 30.2 Å². The number of anilines is 2. The Kier molecular flexibility index (Phi) is 5.16. The van der Waals surface area contributed by atoms with Crippen molar-refractivity contribution in [2.75, 3.05) is 37.6 Å². The fraction of sp³-hybridized carbons (Fsp3) is 0.467. The largest absolute Gasteiger partial charge is 0.494 e. The third-order valence-corrected chi connectivity index (χ3v) is 3.35. The van der Waals surface area contributed by atoms with E-state index in [4.69, 9.17) is 9.47 Å². The molecule has 6 nitrogen and oxygen atoms in total. The van der Waals surface area contributed by atoms with Crippen LogP contribution in [0.3, 0.4) is 0 Å². The molecular weight excluding hydrogens is 272 g/mol. The monoisotopic (exact) mass is 292 g/mol. The summed E-state index contributed by atoms with van der Waals surface area (Å²) in [5, 5.41) is 2.71. The van der Waals surface area contributed by atoms with Gasteiger partial charge in [-0.2, -0.15) is 0 Å². The van der Waals surface area contributed by atoms with E-state index < -0.39 is 0 Å². The Hall–Kier alpha value is -2.08. The minimum Gasteiger partial charge on any atom is -0.494 e. The molecule has 1 heterocycles. The third kappa shape index (κ3) is 3.72. The number of nitrogens with zero attached hydrogens (tertiary/aromatic N) is 1. The van der Waals surface area contributed by atoms with Gasteiger partial charge in [-0.05, 0) is 25.0 Å². The Morgan fingerprint density at radius 1 is 1.33 bits per heavy atom. The molecule has 1 aromatic rings. The summed E-state index contributed by atoms with van der Waals surface area (Å²) in [6.45, 7) is 0.694. The zero-order valence-electron chi connectivity index (χ0n) is 12.3. The van der Waals surface area contributed by atoms with Crippen molar-refractivity contribution in [3.8, 4) is 5.75 Å². The van der Waals surface area contributed by atoms with Crippen molar-refractivity contribution >= 4 is 23.2 Å². The van der Waals surface area contributed by atoms with Crippen LogP contribution in [0.4, 0.5) is 11.4 Å². The minimum absolute atomic E-state index is 0.00528. The summed E-state index contributed by atoms with van der Waals surface area (Å²) in [6.07, 6.45) is 2.49. The molecule has 1 aliphatic heterocycles. The van der Waals surface area contributed by atoms with Gasteiger partial charge in [-0.25, -0.2) is 0 Å². The van der Waals surface area contributed by atoms with Gasteiger partial charge in [0.1, 0.15) is 12.4 Å². The lowest BCUT2D eigenvalue weighted by molar-refractivity contribution is -0.120. The summed E-state index contributed by atoms with van der Waals surface area (Å²) in [4.78, 5) is 25.2. The molecule has 0 spiro atoms. The normalized spacial score (nSPS) is 15.0. The molecule has 6 heteroatoms. The highest BCUT2D eigenvalue weighted by atomic mass is 16.5. The van der Waals surface area contributed by atoms with E-state index >= 15 is 0 Å². The second-order valence-electron chi connectivity index (χ2n) is 4.87. The average molecular weight is 292 g/mol. The number of ether oxygens (including phenoxy) is 2. The molecule has 0 radical (unpaired) electrons. The molecule has 1 fully saturated rings. The smallest absolute Gasteiger partial charge is 0.250 e. The van der Waals surface area contributed by atoms with Crippen LogP contribution in [0.15, 0.2) is 18.2 Å². The first-order valence-corrected chi connectivity index (χ1v) is 6.93. The summed E-state index contributed by atoms with van der Waals surface area (Å²) in [6, 6.07) is 5.27. The quantitative estimate of drug-likeness (QED) is 0.898. The van der Waals surface area contributed by atoms with E-state index in [1.165, 1.54) is 7.11 Å². The number of carbonyl (C=O) groups is 2. The number of methoxy groups -OCH3 is 2. The number of amides is 2. The van der Waals surface area contributed by atoms with Crippen molar-refractivity contribution in [1.82, 2.24) is 0 Å². The Morgan fingerprint density at radius 2 is 2.14 bits per heavy atom. The molecule has 0 aromatic heterocycles. The zero-order valence-corrected chi connectivity index (χ0v) is 12.3. The van der Waals surface area contributed by atoms with Gasteiger partial charge < -0.3 is 19.7 Å². The van der Waals surface area contributed by atoms with E-state index in [1.807, 2.05) is 0 Å². The summed E-state index contributed by atoms with van der Waals surface area (Å²) in [5.74, 6) is 0.442. The van der Waals surface area contributed by atoms with Crippen LogP contribution in [0.25, 0.3) is 0 Å². The first-order valence-electron chi connectivity index (χ1n) is 6.93. The molecule has 21 heavy (non-hydrogen) atoms. The van der Waals surface area contributed by atoms with Gasteiger partial charge >= 0.3 is 0 Å². The van der Waals surface area contributed by atoms with Crippen molar-refractivity contribution in [3.63, 3.8) is 0 Å². The van der Waals surface area contributed by atoms with E-state index in [2.05, 4.69) is 5.32 Å². The molecule has 0 aliphatic carbocycles. The van der Waals surface area contributed by atoms with Gasteiger partial charge in [0.2, 0.25) is 11.8 Å². The minimum atomic E-state index is -0.235. The van der Waals surface area contributed by atoms with Crippen molar-refractivity contribution in [2.45, 2.75) is 19.3 Å². The first-order chi connectivity index (χ1) is 10.2. The molecule has 0 unspecified atom stereocenters. The standard InChI is InChI=1S/C15H20N2O4/c1-20-10-14(18)16-11-6-7-12(13(9-11)21-2)17-8-4-3-5-15(17)19/h6-7,9H,3-5,8,10H2,1-2H3,(H,16,18). The molecule has 0 bridgehead atoms. The fourth-order valence-electron chi connectivity index (χ4n) is 2.37. The molecule has 0 atom stereocenters. The van der Waals surface area contributed by atoms with Crippen molar-refractivity contribution in [2.24, 2.45) is 0 Å². The lowest BCUT2D eigenvalue weighted by Crippen LogP contribution is -2.35. The number of hydrogen-bond acceptors (Lipinski definition) is 4. The second kappa shape index (κ2) is 7.08. The zero-order chi connectivity index (χ0) is 15.2. The van der Waals surface area contributed by atoms with Gasteiger partial charge in [0.25, 0.3) is 0 Å². The number of piperidine rings is 1. The Morgan fingerprint density at radius 3 is 2.81 bits per heavy atom. The van der Waals surface area contributed by atoms with E-state index in [0.717, 1.165) is 18.5 Å². The maximum atomic E-state index is 12.0. The van der Waals surface area contributed by atoms with Crippen LogP contribution in [0.2, 0.25) is 0 Å². The predicted molar refractivity (Wildman–Crippen MR) is 79.7 cm³/mol. The molecule has 1 N–H and O–H groups in total. The van der Waals surface area contributed by atoms with E-state index in [9.17, 15) is 9.59 Å². The van der Waals surface area contributed by atoms with Crippen LogP contribution in [-0.4, -0.2) is 39.2 Å². The number of carbonyl (C=O) groups excluding carboxylic acids is 2. The molecule has 1 aliphatic rings. The van der Waals surface area contributed by atoms with Gasteiger partial charge in [0.05, 0.1) is 12.8 Å². The van der Waals surface area contributed by atoms with Gasteiger partial charge in [0.15, 0.2) is 0 Å². The highest BCUT2D eigenvalue weighted by Crippen LogP contribution is 2.33. The average Bonchev–Trinajstić information content (AvgIpc) is 2.48. The summed E-state index contributed by atoms with van der Waals surface area (Å²) in [5.41, 5.74) is 1.36. The Balaban J connectivity index is 2.19. The first kappa shape index (κ1) is 15.3. The van der Waals surface area contributed by atoms with Gasteiger partial charge in [-0.3, -0.25) is 9.59 Å². The van der Waals surface area contributed by atoms with Gasteiger partial charge in [-0.15, -0.1) is 0 Å². The summed E-state index contributed by atoms with van der Waals surface area (Å²) in [7, 11) is 3.01. The lowest BCUT2D eigenvalue weighted by Gasteiger charge is -2.28. The third-order valence-electron chi connectivity index (χ3n) is 3.35. The Labute approximate surface area is 124 Å².